The van der Waals surface area contributed by atoms with Crippen molar-refractivity contribution in [1.29, 1.82) is 0 Å². The Balaban J connectivity index is 1.81. The van der Waals surface area contributed by atoms with Crippen LogP contribution in [0.2, 0.25) is 0 Å². The van der Waals surface area contributed by atoms with Crippen molar-refractivity contribution < 1.29 is 18.4 Å². The molecule has 24 heavy (non-hydrogen) atoms. The molecular formula is C18H24F2N2O2. The van der Waals surface area contributed by atoms with Crippen molar-refractivity contribution in [1.82, 2.24) is 10.2 Å². The number of rotatable bonds is 8. The van der Waals surface area contributed by atoms with Crippen molar-refractivity contribution in [2.45, 2.75) is 45.6 Å². The van der Waals surface area contributed by atoms with Crippen LogP contribution in [0.5, 0.6) is 0 Å². The van der Waals surface area contributed by atoms with Crippen LogP contribution in [0.3, 0.4) is 0 Å². The molecule has 0 radical (unpaired) electrons. The second-order valence-corrected chi connectivity index (χ2v) is 6.63. The summed E-state index contributed by atoms with van der Waals surface area (Å²) in [6.45, 7) is 5.11. The highest BCUT2D eigenvalue weighted by atomic mass is 19.1. The van der Waals surface area contributed by atoms with E-state index in [1.807, 2.05) is 4.90 Å². The Morgan fingerprint density at radius 1 is 1.29 bits per heavy atom. The molecule has 2 amide bonds. The predicted molar refractivity (Wildman–Crippen MR) is 87.5 cm³/mol. The average molecular weight is 338 g/mol. The molecule has 0 heterocycles. The van der Waals surface area contributed by atoms with E-state index in [1.165, 1.54) is 0 Å². The zero-order valence-electron chi connectivity index (χ0n) is 14.1. The number of hydrogen-bond acceptors (Lipinski definition) is 2. The molecule has 6 heteroatoms. The van der Waals surface area contributed by atoms with E-state index in [0.717, 1.165) is 37.9 Å². The molecule has 0 saturated heterocycles. The van der Waals surface area contributed by atoms with Crippen LogP contribution in [0.25, 0.3) is 0 Å². The first-order valence-electron chi connectivity index (χ1n) is 8.41. The second kappa shape index (κ2) is 8.22. The lowest BCUT2D eigenvalue weighted by molar-refractivity contribution is -0.131. The molecule has 1 aromatic rings. The van der Waals surface area contributed by atoms with Crippen molar-refractivity contribution in [3.8, 4) is 0 Å². The van der Waals surface area contributed by atoms with Gasteiger partial charge in [-0.15, -0.1) is 0 Å². The molecule has 0 aromatic heterocycles. The average Bonchev–Trinajstić information content (AvgIpc) is 3.31. The Labute approximate surface area is 141 Å². The maximum atomic E-state index is 13.5. The van der Waals surface area contributed by atoms with Crippen molar-refractivity contribution in [3.05, 3.63) is 35.4 Å². The third-order valence-electron chi connectivity index (χ3n) is 4.06. The van der Waals surface area contributed by atoms with E-state index in [2.05, 4.69) is 19.2 Å². The van der Waals surface area contributed by atoms with Crippen LogP contribution in [0, 0.1) is 17.6 Å². The maximum Gasteiger partial charge on any atom is 0.254 e. The van der Waals surface area contributed by atoms with Gasteiger partial charge in [-0.2, -0.15) is 0 Å². The van der Waals surface area contributed by atoms with Gasteiger partial charge >= 0.3 is 0 Å². The fourth-order valence-corrected chi connectivity index (χ4v) is 2.49. The molecule has 1 aromatic carbocycles. The fourth-order valence-electron chi connectivity index (χ4n) is 2.49. The van der Waals surface area contributed by atoms with E-state index in [-0.39, 0.29) is 24.4 Å². The summed E-state index contributed by atoms with van der Waals surface area (Å²) in [6.07, 6.45) is 3.21. The van der Waals surface area contributed by atoms with Gasteiger partial charge < -0.3 is 10.2 Å². The predicted octanol–water partition coefficient (Wildman–Crippen LogP) is 3.12. The highest BCUT2D eigenvalue weighted by Gasteiger charge is 2.31. The molecule has 0 spiro atoms. The van der Waals surface area contributed by atoms with Crippen molar-refractivity contribution in [2.24, 2.45) is 5.92 Å². The molecule has 0 bridgehead atoms. The lowest BCUT2D eigenvalue weighted by atomic mass is 10.1. The van der Waals surface area contributed by atoms with Crippen LogP contribution in [-0.4, -0.2) is 35.8 Å². The zero-order valence-corrected chi connectivity index (χ0v) is 14.1. The van der Waals surface area contributed by atoms with E-state index >= 15 is 0 Å². The Kier molecular flexibility index (Phi) is 6.29. The molecule has 0 unspecified atom stereocenters. The number of halogens is 2. The molecule has 1 fully saturated rings. The van der Waals surface area contributed by atoms with Gasteiger partial charge in [-0.3, -0.25) is 9.59 Å². The summed E-state index contributed by atoms with van der Waals surface area (Å²) in [4.78, 5) is 26.1. The third kappa shape index (κ3) is 5.28. The minimum atomic E-state index is -0.907. The normalized spacial score (nSPS) is 13.9. The Bertz CT molecular complexity index is 601. The number of carbonyl (C=O) groups is 2. The van der Waals surface area contributed by atoms with Crippen molar-refractivity contribution in [3.63, 3.8) is 0 Å². The molecule has 1 N–H and O–H groups in total. The number of carbonyl (C=O) groups excluding carboxylic acids is 2. The quantitative estimate of drug-likeness (QED) is 0.792. The Hall–Kier alpha value is -1.98. The third-order valence-corrected chi connectivity index (χ3v) is 4.06. The van der Waals surface area contributed by atoms with Gasteiger partial charge in [-0.1, -0.05) is 13.8 Å². The van der Waals surface area contributed by atoms with Gasteiger partial charge in [0.2, 0.25) is 5.91 Å². The molecule has 0 aliphatic heterocycles. The number of benzene rings is 1. The number of nitrogens with zero attached hydrogens (tertiary/aromatic N) is 1. The van der Waals surface area contributed by atoms with Gasteiger partial charge in [-0.05, 0) is 37.3 Å². The van der Waals surface area contributed by atoms with Crippen LogP contribution in [-0.2, 0) is 4.79 Å². The fraction of sp³-hybridized carbons (Fsp3) is 0.556. The minimum Gasteiger partial charge on any atom is -0.351 e. The van der Waals surface area contributed by atoms with Crippen molar-refractivity contribution in [2.75, 3.05) is 13.1 Å². The summed E-state index contributed by atoms with van der Waals surface area (Å²) in [7, 11) is 0. The molecule has 2 rings (SSSR count). The first-order valence-corrected chi connectivity index (χ1v) is 8.41. The molecule has 1 aliphatic rings. The summed E-state index contributed by atoms with van der Waals surface area (Å²) in [5, 5.41) is 2.52. The van der Waals surface area contributed by atoms with Crippen LogP contribution in [0.1, 0.15) is 49.9 Å². The van der Waals surface area contributed by atoms with E-state index in [9.17, 15) is 18.4 Å². The molecule has 1 saturated carbocycles. The summed E-state index contributed by atoms with van der Waals surface area (Å²) >= 11 is 0. The van der Waals surface area contributed by atoms with Gasteiger partial charge in [0.05, 0.1) is 5.56 Å². The Morgan fingerprint density at radius 2 is 2.00 bits per heavy atom. The van der Waals surface area contributed by atoms with E-state index in [1.54, 1.807) is 0 Å². The largest absolute Gasteiger partial charge is 0.351 e. The number of hydrogen-bond donors (Lipinski definition) is 1. The van der Waals surface area contributed by atoms with Gasteiger partial charge in [0, 0.05) is 31.6 Å². The number of amides is 2. The summed E-state index contributed by atoms with van der Waals surface area (Å²) in [5.41, 5.74) is -0.220. The van der Waals surface area contributed by atoms with Crippen LogP contribution in [0.4, 0.5) is 8.78 Å². The van der Waals surface area contributed by atoms with Crippen LogP contribution in [0.15, 0.2) is 18.2 Å². The van der Waals surface area contributed by atoms with Gasteiger partial charge in [0.25, 0.3) is 5.91 Å². The standard InChI is InChI=1S/C18H24F2N2O2/c1-12(2)8-10-22(14-4-5-14)17(23)7-9-21-18(24)15-6-3-13(19)11-16(15)20/h3,6,11-12,14H,4-5,7-10H2,1-2H3,(H,21,24). The van der Waals surface area contributed by atoms with Gasteiger partial charge in [0.1, 0.15) is 11.6 Å². The lowest BCUT2D eigenvalue weighted by Crippen LogP contribution is -2.37. The van der Waals surface area contributed by atoms with E-state index in [0.29, 0.717) is 18.0 Å². The molecule has 1 aliphatic carbocycles. The maximum absolute atomic E-state index is 13.5. The number of nitrogens with one attached hydrogen (secondary N) is 1. The van der Waals surface area contributed by atoms with E-state index in [4.69, 9.17) is 0 Å². The second-order valence-electron chi connectivity index (χ2n) is 6.63. The van der Waals surface area contributed by atoms with Crippen molar-refractivity contribution >= 4 is 11.8 Å². The molecule has 0 atom stereocenters. The van der Waals surface area contributed by atoms with E-state index < -0.39 is 17.5 Å². The smallest absolute Gasteiger partial charge is 0.254 e. The first-order chi connectivity index (χ1) is 11.4. The zero-order chi connectivity index (χ0) is 17.7. The topological polar surface area (TPSA) is 49.4 Å². The van der Waals surface area contributed by atoms with Gasteiger partial charge in [-0.25, -0.2) is 8.78 Å². The highest BCUT2D eigenvalue weighted by molar-refractivity contribution is 5.94. The summed E-state index contributed by atoms with van der Waals surface area (Å²) in [6, 6.07) is 3.13. The van der Waals surface area contributed by atoms with Crippen LogP contribution >= 0.6 is 0 Å². The Morgan fingerprint density at radius 3 is 2.58 bits per heavy atom. The first kappa shape index (κ1) is 18.4. The molecule has 132 valence electrons. The molecule has 4 nitrogen and oxygen atoms in total. The van der Waals surface area contributed by atoms with Crippen LogP contribution < -0.4 is 5.32 Å². The monoisotopic (exact) mass is 338 g/mol. The molecular weight excluding hydrogens is 314 g/mol. The lowest BCUT2D eigenvalue weighted by Gasteiger charge is -2.23. The SMILES string of the molecule is CC(C)CCN(C(=O)CCNC(=O)c1ccc(F)cc1F)C1CC1. The summed E-state index contributed by atoms with van der Waals surface area (Å²) in [5.74, 6) is -1.74. The van der Waals surface area contributed by atoms with Gasteiger partial charge in [0.15, 0.2) is 0 Å². The highest BCUT2D eigenvalue weighted by Crippen LogP contribution is 2.28. The minimum absolute atomic E-state index is 0.0121. The summed E-state index contributed by atoms with van der Waals surface area (Å²) < 4.78 is 26.4.